The Morgan fingerprint density at radius 1 is 1.27 bits per heavy atom. The fourth-order valence-corrected chi connectivity index (χ4v) is 3.00. The Balaban J connectivity index is 1.40. The van der Waals surface area contributed by atoms with Crippen molar-refractivity contribution >= 4 is 11.9 Å². The molecule has 26 heavy (non-hydrogen) atoms. The van der Waals surface area contributed by atoms with Crippen LogP contribution in [0.1, 0.15) is 24.8 Å². The van der Waals surface area contributed by atoms with Gasteiger partial charge in [-0.05, 0) is 43.6 Å². The molecule has 0 spiro atoms. The molecule has 3 rings (SSSR count). The van der Waals surface area contributed by atoms with Crippen LogP contribution in [0.25, 0.3) is 0 Å². The van der Waals surface area contributed by atoms with Gasteiger partial charge in [-0.2, -0.15) is 4.98 Å². The predicted molar refractivity (Wildman–Crippen MR) is 102 cm³/mol. The lowest BCUT2D eigenvalue weighted by atomic mass is 10.1. The Morgan fingerprint density at radius 2 is 2.12 bits per heavy atom. The van der Waals surface area contributed by atoms with E-state index in [1.54, 1.807) is 11.7 Å². The molecule has 140 valence electrons. The van der Waals surface area contributed by atoms with Crippen LogP contribution in [0.2, 0.25) is 0 Å². The number of piperidine rings is 1. The third-order valence-electron chi connectivity index (χ3n) is 4.31. The molecular formula is C18H27N7O. The van der Waals surface area contributed by atoms with Gasteiger partial charge in [0.15, 0.2) is 0 Å². The predicted octanol–water partition coefficient (Wildman–Crippen LogP) is 1.83. The second-order valence-electron chi connectivity index (χ2n) is 6.42. The molecule has 1 aliphatic heterocycles. The van der Waals surface area contributed by atoms with E-state index in [0.717, 1.165) is 6.54 Å². The number of aryl methyl sites for hydroxylation is 1. The molecule has 0 radical (unpaired) electrons. The van der Waals surface area contributed by atoms with Gasteiger partial charge in [0.05, 0.1) is 0 Å². The number of nitrogen functional groups attached to an aromatic ring is 1. The van der Waals surface area contributed by atoms with Crippen molar-refractivity contribution in [2.24, 2.45) is 7.05 Å². The number of hydrogen-bond acceptors (Lipinski definition) is 7. The minimum absolute atomic E-state index is 0.262. The maximum atomic E-state index is 5.72. The maximum absolute atomic E-state index is 5.72. The van der Waals surface area contributed by atoms with Gasteiger partial charge in [0.2, 0.25) is 17.8 Å². The normalized spacial score (nSPS) is 15.4. The SMILES string of the molecule is Cn1nc(N)nc1NCC=CCOc1cc(CN2CCCCC2)ccn1. The molecule has 3 heterocycles. The molecular weight excluding hydrogens is 330 g/mol. The Morgan fingerprint density at radius 3 is 2.88 bits per heavy atom. The highest BCUT2D eigenvalue weighted by Crippen LogP contribution is 2.15. The summed E-state index contributed by atoms with van der Waals surface area (Å²) in [7, 11) is 1.79. The molecule has 8 nitrogen and oxygen atoms in total. The van der Waals surface area contributed by atoms with Gasteiger partial charge in [0, 0.05) is 32.4 Å². The fraction of sp³-hybridized carbons (Fsp3) is 0.500. The number of nitrogens with two attached hydrogens (primary N) is 1. The van der Waals surface area contributed by atoms with Crippen LogP contribution in [0.4, 0.5) is 11.9 Å². The molecule has 0 aromatic carbocycles. The lowest BCUT2D eigenvalue weighted by Crippen LogP contribution is -2.29. The molecule has 2 aromatic rings. The molecule has 0 atom stereocenters. The number of likely N-dealkylation sites (tertiary alicyclic amines) is 1. The van der Waals surface area contributed by atoms with Crippen LogP contribution in [-0.4, -0.2) is 50.9 Å². The highest BCUT2D eigenvalue weighted by atomic mass is 16.5. The molecule has 1 saturated heterocycles. The highest BCUT2D eigenvalue weighted by Gasteiger charge is 2.10. The first-order valence-electron chi connectivity index (χ1n) is 9.06. The van der Waals surface area contributed by atoms with Crippen molar-refractivity contribution in [1.82, 2.24) is 24.6 Å². The zero-order valence-corrected chi connectivity index (χ0v) is 15.3. The van der Waals surface area contributed by atoms with Crippen molar-refractivity contribution in [2.45, 2.75) is 25.8 Å². The maximum Gasteiger partial charge on any atom is 0.241 e. The monoisotopic (exact) mass is 357 g/mol. The van der Waals surface area contributed by atoms with Crippen molar-refractivity contribution < 1.29 is 4.74 Å². The summed E-state index contributed by atoms with van der Waals surface area (Å²) in [5, 5.41) is 7.11. The van der Waals surface area contributed by atoms with E-state index < -0.39 is 0 Å². The Labute approximate surface area is 154 Å². The van der Waals surface area contributed by atoms with E-state index in [4.69, 9.17) is 10.5 Å². The largest absolute Gasteiger partial charge is 0.473 e. The summed E-state index contributed by atoms with van der Waals surface area (Å²) in [5.41, 5.74) is 6.79. The number of ether oxygens (including phenoxy) is 1. The van der Waals surface area contributed by atoms with Crippen LogP contribution in [0.15, 0.2) is 30.5 Å². The van der Waals surface area contributed by atoms with Gasteiger partial charge in [0.25, 0.3) is 0 Å². The Bertz CT molecular complexity index is 722. The Hall–Kier alpha value is -2.61. The van der Waals surface area contributed by atoms with Crippen molar-refractivity contribution in [2.75, 3.05) is 37.3 Å². The van der Waals surface area contributed by atoms with Crippen LogP contribution < -0.4 is 15.8 Å². The van der Waals surface area contributed by atoms with Gasteiger partial charge in [0.1, 0.15) is 6.61 Å². The molecule has 0 unspecified atom stereocenters. The van der Waals surface area contributed by atoms with E-state index in [1.165, 1.54) is 37.9 Å². The average molecular weight is 357 g/mol. The lowest BCUT2D eigenvalue weighted by molar-refractivity contribution is 0.220. The quantitative estimate of drug-likeness (QED) is 0.696. The van der Waals surface area contributed by atoms with Gasteiger partial charge >= 0.3 is 0 Å². The molecule has 3 N–H and O–H groups in total. The first kappa shape index (κ1) is 18.2. The molecule has 0 saturated carbocycles. The van der Waals surface area contributed by atoms with E-state index in [-0.39, 0.29) is 5.95 Å². The minimum Gasteiger partial charge on any atom is -0.473 e. The number of anilines is 2. The number of pyridine rings is 1. The molecule has 1 aliphatic rings. The van der Waals surface area contributed by atoms with Crippen LogP contribution in [-0.2, 0) is 13.6 Å². The van der Waals surface area contributed by atoms with Crippen molar-refractivity contribution in [3.05, 3.63) is 36.0 Å². The first-order valence-corrected chi connectivity index (χ1v) is 9.06. The molecule has 1 fully saturated rings. The summed E-state index contributed by atoms with van der Waals surface area (Å²) >= 11 is 0. The van der Waals surface area contributed by atoms with Crippen LogP contribution in [0.5, 0.6) is 5.88 Å². The average Bonchev–Trinajstić information content (AvgIpc) is 2.96. The zero-order valence-electron chi connectivity index (χ0n) is 15.3. The molecule has 2 aromatic heterocycles. The van der Waals surface area contributed by atoms with E-state index in [0.29, 0.717) is 25.0 Å². The van der Waals surface area contributed by atoms with E-state index >= 15 is 0 Å². The smallest absolute Gasteiger partial charge is 0.241 e. The van der Waals surface area contributed by atoms with Gasteiger partial charge in [-0.1, -0.05) is 12.5 Å². The third kappa shape index (κ3) is 5.45. The van der Waals surface area contributed by atoms with Gasteiger partial charge < -0.3 is 15.8 Å². The van der Waals surface area contributed by atoms with Gasteiger partial charge in [-0.15, -0.1) is 5.10 Å². The first-order chi connectivity index (χ1) is 12.7. The topological polar surface area (TPSA) is 94.1 Å². The van der Waals surface area contributed by atoms with Crippen molar-refractivity contribution in [3.63, 3.8) is 0 Å². The van der Waals surface area contributed by atoms with E-state index in [2.05, 4.69) is 31.3 Å². The summed E-state index contributed by atoms with van der Waals surface area (Å²) < 4.78 is 7.33. The molecule has 0 bridgehead atoms. The van der Waals surface area contributed by atoms with E-state index in [9.17, 15) is 0 Å². The molecule has 0 amide bonds. The summed E-state index contributed by atoms with van der Waals surface area (Å²) in [6, 6.07) is 4.09. The number of nitrogens with one attached hydrogen (secondary N) is 1. The highest BCUT2D eigenvalue weighted by molar-refractivity contribution is 5.32. The number of nitrogens with zero attached hydrogens (tertiary/aromatic N) is 5. The van der Waals surface area contributed by atoms with Crippen LogP contribution in [0.3, 0.4) is 0 Å². The number of aromatic nitrogens is 4. The zero-order chi connectivity index (χ0) is 18.2. The summed E-state index contributed by atoms with van der Waals surface area (Å²) in [6.07, 6.45) is 9.70. The summed E-state index contributed by atoms with van der Waals surface area (Å²) in [6.45, 7) is 4.44. The lowest BCUT2D eigenvalue weighted by Gasteiger charge is -2.26. The summed E-state index contributed by atoms with van der Waals surface area (Å²) in [5.74, 6) is 1.57. The van der Waals surface area contributed by atoms with E-state index in [1.807, 2.05) is 24.4 Å². The summed E-state index contributed by atoms with van der Waals surface area (Å²) in [4.78, 5) is 10.9. The van der Waals surface area contributed by atoms with Gasteiger partial charge in [-0.3, -0.25) is 4.90 Å². The van der Waals surface area contributed by atoms with Crippen molar-refractivity contribution in [1.29, 1.82) is 0 Å². The molecule has 8 heteroatoms. The Kier molecular flexibility index (Phi) is 6.43. The van der Waals surface area contributed by atoms with Crippen molar-refractivity contribution in [3.8, 4) is 5.88 Å². The number of hydrogen-bond donors (Lipinski definition) is 2. The third-order valence-corrected chi connectivity index (χ3v) is 4.31. The van der Waals surface area contributed by atoms with Crippen LogP contribution >= 0.6 is 0 Å². The number of rotatable bonds is 8. The standard InChI is InChI=1S/C18H27N7O/c1-24-18(22-17(19)23-24)21-8-3-6-12-26-16-13-15(7-9-20-16)14-25-10-4-2-5-11-25/h3,6-7,9,13H,2,4-5,8,10-12,14H2,1H3,(H3,19,21,22,23). The second kappa shape index (κ2) is 9.19. The minimum atomic E-state index is 0.262. The fourth-order valence-electron chi connectivity index (χ4n) is 3.00. The van der Waals surface area contributed by atoms with Gasteiger partial charge in [-0.25, -0.2) is 9.67 Å². The van der Waals surface area contributed by atoms with Crippen LogP contribution in [0, 0.1) is 0 Å². The molecule has 0 aliphatic carbocycles. The second-order valence-corrected chi connectivity index (χ2v) is 6.42.